The topological polar surface area (TPSA) is 37.8 Å². The van der Waals surface area contributed by atoms with Gasteiger partial charge >= 0.3 is 0 Å². The van der Waals surface area contributed by atoms with Gasteiger partial charge in [-0.1, -0.05) is 19.1 Å². The summed E-state index contributed by atoms with van der Waals surface area (Å²) in [6.45, 7) is 4.12. The number of halogens is 1. The van der Waals surface area contributed by atoms with Gasteiger partial charge in [-0.25, -0.2) is 4.39 Å². The molecule has 2 aromatic rings. The highest BCUT2D eigenvalue weighted by molar-refractivity contribution is 7.11. The molecule has 0 atom stereocenters. The number of hydrogen-bond acceptors (Lipinski definition) is 4. The first kappa shape index (κ1) is 14.1. The Hall–Kier alpha value is -1.33. The van der Waals surface area contributed by atoms with Crippen molar-refractivity contribution in [2.45, 2.75) is 26.2 Å². The lowest BCUT2D eigenvalue weighted by Gasteiger charge is -1.98. The number of rotatable bonds is 7. The van der Waals surface area contributed by atoms with Crippen molar-refractivity contribution in [1.29, 1.82) is 0 Å². The van der Waals surface area contributed by atoms with E-state index in [2.05, 4.69) is 22.4 Å². The van der Waals surface area contributed by atoms with Gasteiger partial charge in [0, 0.05) is 19.4 Å². The normalized spacial score (nSPS) is 10.8. The number of benzene rings is 1. The van der Waals surface area contributed by atoms with E-state index in [1.54, 1.807) is 23.5 Å². The molecule has 1 aromatic carbocycles. The molecular formula is C14H18FN3S. The summed E-state index contributed by atoms with van der Waals surface area (Å²) in [5, 5.41) is 13.6. The second-order valence-electron chi connectivity index (χ2n) is 4.40. The quantitative estimate of drug-likeness (QED) is 0.792. The summed E-state index contributed by atoms with van der Waals surface area (Å²) in [6, 6.07) is 6.63. The van der Waals surface area contributed by atoms with Crippen LogP contribution in [0.1, 0.15) is 28.9 Å². The van der Waals surface area contributed by atoms with Crippen molar-refractivity contribution >= 4 is 11.3 Å². The smallest absolute Gasteiger partial charge is 0.123 e. The van der Waals surface area contributed by atoms with E-state index in [4.69, 9.17) is 0 Å². The minimum absolute atomic E-state index is 0.203. The van der Waals surface area contributed by atoms with E-state index in [1.807, 2.05) is 6.07 Å². The maximum absolute atomic E-state index is 13.1. The number of aromatic nitrogens is 2. The third kappa shape index (κ3) is 4.69. The van der Waals surface area contributed by atoms with E-state index in [1.165, 1.54) is 6.07 Å². The maximum Gasteiger partial charge on any atom is 0.123 e. The predicted octanol–water partition coefficient (Wildman–Crippen LogP) is 2.81. The van der Waals surface area contributed by atoms with Gasteiger partial charge in [0.05, 0.1) is 0 Å². The Morgan fingerprint density at radius 1 is 1.21 bits per heavy atom. The fraction of sp³-hybridized carbons (Fsp3) is 0.429. The van der Waals surface area contributed by atoms with Crippen LogP contribution in [0.2, 0.25) is 0 Å². The SMILES string of the molecule is CCCNCCc1nnc(Cc2cccc(F)c2)s1. The van der Waals surface area contributed by atoms with Crippen molar-refractivity contribution in [3.05, 3.63) is 45.7 Å². The molecule has 1 aromatic heterocycles. The van der Waals surface area contributed by atoms with Gasteiger partial charge in [0.2, 0.25) is 0 Å². The van der Waals surface area contributed by atoms with Crippen molar-refractivity contribution in [3.8, 4) is 0 Å². The first-order valence-corrected chi connectivity index (χ1v) is 7.36. The minimum atomic E-state index is -0.203. The molecule has 102 valence electrons. The molecule has 0 amide bonds. The zero-order valence-electron chi connectivity index (χ0n) is 11.0. The van der Waals surface area contributed by atoms with E-state index >= 15 is 0 Å². The van der Waals surface area contributed by atoms with Crippen LogP contribution in [0.15, 0.2) is 24.3 Å². The number of nitrogens with one attached hydrogen (secondary N) is 1. The van der Waals surface area contributed by atoms with Crippen molar-refractivity contribution in [2.75, 3.05) is 13.1 Å². The zero-order valence-corrected chi connectivity index (χ0v) is 11.8. The fourth-order valence-corrected chi connectivity index (χ4v) is 2.66. The van der Waals surface area contributed by atoms with E-state index < -0.39 is 0 Å². The maximum atomic E-state index is 13.1. The highest BCUT2D eigenvalue weighted by Gasteiger charge is 2.05. The Morgan fingerprint density at radius 2 is 2.05 bits per heavy atom. The van der Waals surface area contributed by atoms with Crippen LogP contribution < -0.4 is 5.32 Å². The molecule has 0 aliphatic heterocycles. The van der Waals surface area contributed by atoms with Gasteiger partial charge in [-0.05, 0) is 30.7 Å². The van der Waals surface area contributed by atoms with Crippen LogP contribution in [0.3, 0.4) is 0 Å². The molecule has 3 nitrogen and oxygen atoms in total. The van der Waals surface area contributed by atoms with Crippen LogP contribution in [0.4, 0.5) is 4.39 Å². The molecule has 0 fully saturated rings. The molecule has 19 heavy (non-hydrogen) atoms. The Bertz CT molecular complexity index is 513. The highest BCUT2D eigenvalue weighted by atomic mass is 32.1. The predicted molar refractivity (Wildman–Crippen MR) is 76.0 cm³/mol. The van der Waals surface area contributed by atoms with Crippen molar-refractivity contribution in [2.24, 2.45) is 0 Å². The van der Waals surface area contributed by atoms with Crippen LogP contribution in [0.5, 0.6) is 0 Å². The lowest BCUT2D eigenvalue weighted by Crippen LogP contribution is -2.17. The number of hydrogen-bond donors (Lipinski definition) is 1. The Balaban J connectivity index is 1.87. The monoisotopic (exact) mass is 279 g/mol. The second-order valence-corrected chi connectivity index (χ2v) is 5.54. The van der Waals surface area contributed by atoms with Crippen LogP contribution in [-0.2, 0) is 12.8 Å². The third-order valence-corrected chi connectivity index (χ3v) is 3.68. The molecule has 0 saturated heterocycles. The largest absolute Gasteiger partial charge is 0.316 e. The molecule has 1 N–H and O–H groups in total. The van der Waals surface area contributed by atoms with Crippen LogP contribution >= 0.6 is 11.3 Å². The molecule has 5 heteroatoms. The van der Waals surface area contributed by atoms with Gasteiger partial charge in [-0.15, -0.1) is 21.5 Å². The van der Waals surface area contributed by atoms with Crippen LogP contribution in [-0.4, -0.2) is 23.3 Å². The van der Waals surface area contributed by atoms with E-state index in [0.717, 1.165) is 41.5 Å². The van der Waals surface area contributed by atoms with Gasteiger partial charge < -0.3 is 5.32 Å². The summed E-state index contributed by atoms with van der Waals surface area (Å²) in [6.07, 6.45) is 2.69. The first-order valence-electron chi connectivity index (χ1n) is 6.54. The average Bonchev–Trinajstić information content (AvgIpc) is 2.82. The first-order chi connectivity index (χ1) is 9.28. The van der Waals surface area contributed by atoms with Gasteiger partial charge in [-0.2, -0.15) is 0 Å². The lowest BCUT2D eigenvalue weighted by atomic mass is 10.1. The summed E-state index contributed by atoms with van der Waals surface area (Å²) in [7, 11) is 0. The molecule has 0 saturated carbocycles. The molecule has 0 radical (unpaired) electrons. The zero-order chi connectivity index (χ0) is 13.5. The van der Waals surface area contributed by atoms with Gasteiger partial charge in [-0.3, -0.25) is 0 Å². The van der Waals surface area contributed by atoms with Gasteiger partial charge in [0.15, 0.2) is 0 Å². The second kappa shape index (κ2) is 7.31. The molecule has 0 spiro atoms. The van der Waals surface area contributed by atoms with E-state index in [-0.39, 0.29) is 5.82 Å². The fourth-order valence-electron chi connectivity index (χ4n) is 1.78. The van der Waals surface area contributed by atoms with Crippen LogP contribution in [0.25, 0.3) is 0 Å². The Labute approximate surface area is 116 Å². The van der Waals surface area contributed by atoms with Crippen LogP contribution in [0, 0.1) is 5.82 Å². The summed E-state index contributed by atoms with van der Waals surface area (Å²) >= 11 is 1.61. The molecule has 2 rings (SSSR count). The van der Waals surface area contributed by atoms with E-state index in [9.17, 15) is 4.39 Å². The molecular weight excluding hydrogens is 261 g/mol. The third-order valence-electron chi connectivity index (χ3n) is 2.70. The summed E-state index contributed by atoms with van der Waals surface area (Å²) in [5.74, 6) is -0.203. The van der Waals surface area contributed by atoms with Gasteiger partial charge in [0.1, 0.15) is 15.8 Å². The van der Waals surface area contributed by atoms with Crippen molar-refractivity contribution in [1.82, 2.24) is 15.5 Å². The Kier molecular flexibility index (Phi) is 5.42. The lowest BCUT2D eigenvalue weighted by molar-refractivity contribution is 0.626. The molecule has 1 heterocycles. The molecule has 0 unspecified atom stereocenters. The summed E-state index contributed by atoms with van der Waals surface area (Å²) in [5.41, 5.74) is 0.937. The highest BCUT2D eigenvalue weighted by Crippen LogP contribution is 2.15. The van der Waals surface area contributed by atoms with E-state index in [0.29, 0.717) is 6.42 Å². The Morgan fingerprint density at radius 3 is 2.84 bits per heavy atom. The number of nitrogens with zero attached hydrogens (tertiary/aromatic N) is 2. The minimum Gasteiger partial charge on any atom is -0.316 e. The molecule has 0 aliphatic rings. The molecule has 0 aliphatic carbocycles. The molecule has 0 bridgehead atoms. The average molecular weight is 279 g/mol. The van der Waals surface area contributed by atoms with Crippen molar-refractivity contribution < 1.29 is 4.39 Å². The summed E-state index contributed by atoms with van der Waals surface area (Å²) in [4.78, 5) is 0. The summed E-state index contributed by atoms with van der Waals surface area (Å²) < 4.78 is 13.1. The van der Waals surface area contributed by atoms with Crippen molar-refractivity contribution in [3.63, 3.8) is 0 Å². The van der Waals surface area contributed by atoms with Gasteiger partial charge in [0.25, 0.3) is 0 Å². The standard InChI is InChI=1S/C14H18FN3S/c1-2-7-16-8-6-13-17-18-14(19-13)10-11-4-3-5-12(15)9-11/h3-5,9,16H,2,6-8,10H2,1H3.